The number of urea groups is 1. The van der Waals surface area contributed by atoms with Gasteiger partial charge in [0.15, 0.2) is 0 Å². The maximum atomic E-state index is 11.8. The highest BCUT2D eigenvalue weighted by Gasteiger charge is 2.19. The summed E-state index contributed by atoms with van der Waals surface area (Å²) in [5, 5.41) is 13.9. The van der Waals surface area contributed by atoms with Crippen molar-refractivity contribution in [2.45, 2.75) is 12.5 Å². The molecule has 0 aliphatic rings. The molecule has 1 atom stereocenters. The van der Waals surface area contributed by atoms with E-state index >= 15 is 0 Å². The first-order chi connectivity index (χ1) is 9.93. The fraction of sp³-hybridized carbons (Fsp3) is 0.308. The third kappa shape index (κ3) is 5.74. The number of primary amides is 1. The second-order valence-corrected chi connectivity index (χ2v) is 5.20. The van der Waals surface area contributed by atoms with Crippen LogP contribution in [0.25, 0.3) is 0 Å². The van der Waals surface area contributed by atoms with Gasteiger partial charge in [-0.15, -0.1) is 0 Å². The smallest absolute Gasteiger partial charge is 0.326 e. The lowest BCUT2D eigenvalue weighted by atomic mass is 10.2. The largest absolute Gasteiger partial charge is 0.480 e. The van der Waals surface area contributed by atoms with Crippen LogP contribution in [0.2, 0.25) is 0 Å². The van der Waals surface area contributed by atoms with Crippen molar-refractivity contribution >= 4 is 35.4 Å². The molecule has 1 aromatic rings. The van der Waals surface area contributed by atoms with Crippen LogP contribution in [-0.4, -0.2) is 41.1 Å². The second kappa shape index (κ2) is 8.15. The van der Waals surface area contributed by atoms with E-state index in [1.54, 1.807) is 12.1 Å². The zero-order chi connectivity index (χ0) is 15.8. The van der Waals surface area contributed by atoms with Crippen LogP contribution in [0.5, 0.6) is 0 Å². The minimum absolute atomic E-state index is 0.255. The number of benzene rings is 1. The molecule has 0 fully saturated rings. The van der Waals surface area contributed by atoms with Crippen LogP contribution in [0, 0.1) is 0 Å². The molecule has 3 amide bonds. The Bertz CT molecular complexity index is 536. The van der Waals surface area contributed by atoms with Crippen molar-refractivity contribution in [2.24, 2.45) is 5.73 Å². The summed E-state index contributed by atoms with van der Waals surface area (Å²) in [7, 11) is 0. The van der Waals surface area contributed by atoms with E-state index in [0.29, 0.717) is 17.9 Å². The molecular weight excluding hydrogens is 294 g/mol. The van der Waals surface area contributed by atoms with E-state index in [1.165, 1.54) is 23.9 Å². The van der Waals surface area contributed by atoms with E-state index in [4.69, 9.17) is 10.8 Å². The number of hydrogen-bond donors (Lipinski definition) is 4. The number of carbonyl (C=O) groups is 3. The van der Waals surface area contributed by atoms with Gasteiger partial charge in [0, 0.05) is 11.3 Å². The number of nitrogens with one attached hydrogen (secondary N) is 2. The lowest BCUT2D eigenvalue weighted by Crippen LogP contribution is -2.43. The van der Waals surface area contributed by atoms with Crippen LogP contribution in [0.3, 0.4) is 0 Å². The molecule has 0 saturated heterocycles. The van der Waals surface area contributed by atoms with Crippen molar-refractivity contribution in [3.8, 4) is 0 Å². The molecule has 114 valence electrons. The Kier molecular flexibility index (Phi) is 6.54. The van der Waals surface area contributed by atoms with Gasteiger partial charge in [-0.25, -0.2) is 9.59 Å². The first kappa shape index (κ1) is 16.8. The van der Waals surface area contributed by atoms with Crippen LogP contribution in [0.4, 0.5) is 10.5 Å². The number of carboxylic acids is 1. The summed E-state index contributed by atoms with van der Waals surface area (Å²) in [6.45, 7) is 0. The molecule has 0 saturated carbocycles. The number of rotatable bonds is 7. The zero-order valence-corrected chi connectivity index (χ0v) is 12.3. The third-order valence-corrected chi connectivity index (χ3v) is 3.26. The molecule has 0 aromatic heterocycles. The van der Waals surface area contributed by atoms with Gasteiger partial charge < -0.3 is 21.5 Å². The summed E-state index contributed by atoms with van der Waals surface area (Å²) < 4.78 is 0. The molecule has 1 aromatic carbocycles. The van der Waals surface area contributed by atoms with E-state index in [0.717, 1.165) is 0 Å². The summed E-state index contributed by atoms with van der Waals surface area (Å²) in [4.78, 5) is 33.8. The molecule has 0 radical (unpaired) electrons. The summed E-state index contributed by atoms with van der Waals surface area (Å²) >= 11 is 1.50. The molecule has 0 aliphatic carbocycles. The Morgan fingerprint density at radius 1 is 1.38 bits per heavy atom. The lowest BCUT2D eigenvalue weighted by molar-refractivity contribution is -0.139. The molecule has 7 nitrogen and oxygen atoms in total. The van der Waals surface area contributed by atoms with Gasteiger partial charge in [0.05, 0.1) is 0 Å². The van der Waals surface area contributed by atoms with Gasteiger partial charge in [0.2, 0.25) is 5.91 Å². The van der Waals surface area contributed by atoms with Crippen molar-refractivity contribution in [1.82, 2.24) is 5.32 Å². The second-order valence-electron chi connectivity index (χ2n) is 4.22. The number of carbonyl (C=O) groups excluding carboxylic acids is 2. The maximum absolute atomic E-state index is 11.8. The predicted octanol–water partition coefficient (Wildman–Crippen LogP) is 1.11. The van der Waals surface area contributed by atoms with E-state index < -0.39 is 23.9 Å². The van der Waals surface area contributed by atoms with E-state index in [9.17, 15) is 14.4 Å². The van der Waals surface area contributed by atoms with Crippen LogP contribution in [0.15, 0.2) is 24.3 Å². The summed E-state index contributed by atoms with van der Waals surface area (Å²) in [6, 6.07) is 4.47. The fourth-order valence-corrected chi connectivity index (χ4v) is 2.04. The van der Waals surface area contributed by atoms with Crippen molar-refractivity contribution in [3.63, 3.8) is 0 Å². The molecule has 21 heavy (non-hydrogen) atoms. The highest BCUT2D eigenvalue weighted by molar-refractivity contribution is 7.98. The highest BCUT2D eigenvalue weighted by Crippen LogP contribution is 2.10. The van der Waals surface area contributed by atoms with E-state index in [2.05, 4.69) is 10.6 Å². The zero-order valence-electron chi connectivity index (χ0n) is 11.5. The predicted molar refractivity (Wildman–Crippen MR) is 81.5 cm³/mol. The summed E-state index contributed by atoms with van der Waals surface area (Å²) in [6.07, 6.45) is 2.18. The van der Waals surface area contributed by atoms with E-state index in [-0.39, 0.29) is 5.56 Å². The van der Waals surface area contributed by atoms with E-state index in [1.807, 2.05) is 6.26 Å². The Hall–Kier alpha value is -2.22. The molecule has 0 aliphatic heterocycles. The molecule has 5 N–H and O–H groups in total. The Balaban J connectivity index is 2.65. The standard InChI is InChI=1S/C13H17N3O4S/c1-21-6-5-10(12(18)19)16-13(20)15-9-4-2-3-8(7-9)11(14)17/h2-4,7,10H,5-6H2,1H3,(H2,14,17)(H,18,19)(H2,15,16,20). The molecule has 0 spiro atoms. The average molecular weight is 311 g/mol. The first-order valence-corrected chi connectivity index (χ1v) is 7.52. The summed E-state index contributed by atoms with van der Waals surface area (Å²) in [5.74, 6) is -1.08. The fourth-order valence-electron chi connectivity index (χ4n) is 1.57. The van der Waals surface area contributed by atoms with Gasteiger partial charge >= 0.3 is 12.0 Å². The average Bonchev–Trinajstić information content (AvgIpc) is 2.43. The number of thioether (sulfide) groups is 1. The number of aliphatic carboxylic acids is 1. The number of carboxylic acid groups (broad SMARTS) is 1. The third-order valence-electron chi connectivity index (χ3n) is 2.62. The van der Waals surface area contributed by atoms with Gasteiger partial charge in [-0.3, -0.25) is 4.79 Å². The minimum Gasteiger partial charge on any atom is -0.480 e. The topological polar surface area (TPSA) is 122 Å². The maximum Gasteiger partial charge on any atom is 0.326 e. The van der Waals surface area contributed by atoms with Gasteiger partial charge in [-0.05, 0) is 36.6 Å². The van der Waals surface area contributed by atoms with Crippen molar-refractivity contribution in [3.05, 3.63) is 29.8 Å². The number of hydrogen-bond acceptors (Lipinski definition) is 4. The van der Waals surface area contributed by atoms with Crippen molar-refractivity contribution in [1.29, 1.82) is 0 Å². The Labute approximate surface area is 126 Å². The van der Waals surface area contributed by atoms with Crippen LogP contribution >= 0.6 is 11.8 Å². The highest BCUT2D eigenvalue weighted by atomic mass is 32.2. The molecular formula is C13H17N3O4S. The summed E-state index contributed by atoms with van der Waals surface area (Å²) in [5.41, 5.74) is 5.76. The van der Waals surface area contributed by atoms with Crippen LogP contribution in [-0.2, 0) is 4.79 Å². The molecule has 1 unspecified atom stereocenters. The SMILES string of the molecule is CSCCC(NC(=O)Nc1cccc(C(N)=O)c1)C(=O)O. The number of amides is 3. The van der Waals surface area contributed by atoms with Crippen molar-refractivity contribution < 1.29 is 19.5 Å². The minimum atomic E-state index is -1.09. The molecule has 0 heterocycles. The molecule has 1 rings (SSSR count). The monoisotopic (exact) mass is 311 g/mol. The van der Waals surface area contributed by atoms with Crippen LogP contribution in [0.1, 0.15) is 16.8 Å². The number of anilines is 1. The lowest BCUT2D eigenvalue weighted by Gasteiger charge is -2.14. The van der Waals surface area contributed by atoms with Gasteiger partial charge in [-0.1, -0.05) is 6.07 Å². The van der Waals surface area contributed by atoms with Gasteiger partial charge in [0.1, 0.15) is 6.04 Å². The first-order valence-electron chi connectivity index (χ1n) is 6.13. The van der Waals surface area contributed by atoms with Crippen molar-refractivity contribution in [2.75, 3.05) is 17.3 Å². The Morgan fingerprint density at radius 3 is 2.67 bits per heavy atom. The van der Waals surface area contributed by atoms with Crippen LogP contribution < -0.4 is 16.4 Å². The quantitative estimate of drug-likeness (QED) is 0.601. The number of nitrogens with two attached hydrogens (primary N) is 1. The normalized spacial score (nSPS) is 11.5. The molecule has 8 heteroatoms. The molecule has 0 bridgehead atoms. The van der Waals surface area contributed by atoms with Gasteiger partial charge in [-0.2, -0.15) is 11.8 Å². The van der Waals surface area contributed by atoms with Gasteiger partial charge in [0.25, 0.3) is 0 Å². The Morgan fingerprint density at radius 2 is 2.10 bits per heavy atom.